The van der Waals surface area contributed by atoms with Gasteiger partial charge in [-0.15, -0.1) is 11.8 Å². The largest absolute Gasteiger partial charge is 0.382 e. The van der Waals surface area contributed by atoms with Crippen molar-refractivity contribution in [3.05, 3.63) is 21.0 Å². The zero-order chi connectivity index (χ0) is 11.3. The Morgan fingerprint density at radius 1 is 1.67 bits per heavy atom. The lowest BCUT2D eigenvalue weighted by Crippen LogP contribution is -2.21. The molecule has 4 nitrogen and oxygen atoms in total. The van der Waals surface area contributed by atoms with Crippen LogP contribution in [0.2, 0.25) is 0 Å². The van der Waals surface area contributed by atoms with Crippen LogP contribution < -0.4 is 10.9 Å². The van der Waals surface area contributed by atoms with Gasteiger partial charge < -0.3 is 5.32 Å². The highest BCUT2D eigenvalue weighted by Crippen LogP contribution is 2.15. The Morgan fingerprint density at radius 3 is 3.07 bits per heavy atom. The minimum Gasteiger partial charge on any atom is -0.382 e. The highest BCUT2D eigenvalue weighted by Gasteiger charge is 2.05. The van der Waals surface area contributed by atoms with Crippen molar-refractivity contribution in [2.45, 2.75) is 13.3 Å². The molecule has 5 heteroatoms. The molecule has 0 aliphatic carbocycles. The summed E-state index contributed by atoms with van der Waals surface area (Å²) in [6.45, 7) is 2.50. The van der Waals surface area contributed by atoms with E-state index in [-0.39, 0.29) is 5.56 Å². The Balaban J connectivity index is 2.73. The number of rotatable bonds is 3. The molecular weight excluding hydrogens is 258 g/mol. The second-order valence-electron chi connectivity index (χ2n) is 2.90. The maximum absolute atomic E-state index is 11.5. The fraction of sp³-hybridized carbons (Fsp3) is 0.400. The van der Waals surface area contributed by atoms with Crippen molar-refractivity contribution in [3.63, 3.8) is 0 Å². The summed E-state index contributed by atoms with van der Waals surface area (Å²) in [6.07, 6.45) is 2.36. The predicted molar refractivity (Wildman–Crippen MR) is 63.7 cm³/mol. The molecule has 0 unspecified atom stereocenters. The van der Waals surface area contributed by atoms with E-state index in [4.69, 9.17) is 0 Å². The van der Waals surface area contributed by atoms with Crippen molar-refractivity contribution in [1.82, 2.24) is 9.78 Å². The van der Waals surface area contributed by atoms with Gasteiger partial charge in [-0.3, -0.25) is 4.79 Å². The van der Waals surface area contributed by atoms with Crippen molar-refractivity contribution < 1.29 is 0 Å². The van der Waals surface area contributed by atoms with Crippen LogP contribution in [0.25, 0.3) is 0 Å². The molecule has 1 N–H and O–H groups in total. The van der Waals surface area contributed by atoms with Crippen molar-refractivity contribution in [1.29, 1.82) is 0 Å². The highest BCUT2D eigenvalue weighted by atomic mass is 79.9. The van der Waals surface area contributed by atoms with Crippen molar-refractivity contribution >= 4 is 21.6 Å². The summed E-state index contributed by atoms with van der Waals surface area (Å²) in [7, 11) is 1.61. The normalized spacial score (nSPS) is 9.27. The van der Waals surface area contributed by atoms with Crippen LogP contribution in [0.4, 0.5) is 5.69 Å². The highest BCUT2D eigenvalue weighted by molar-refractivity contribution is 9.10. The van der Waals surface area contributed by atoms with Crippen LogP contribution in [0, 0.1) is 11.8 Å². The van der Waals surface area contributed by atoms with Gasteiger partial charge in [0.05, 0.1) is 11.9 Å². The first-order valence-electron chi connectivity index (χ1n) is 4.52. The molecule has 0 aliphatic rings. The lowest BCUT2D eigenvalue weighted by Gasteiger charge is -2.06. The summed E-state index contributed by atoms with van der Waals surface area (Å²) >= 11 is 3.23. The van der Waals surface area contributed by atoms with E-state index < -0.39 is 0 Å². The summed E-state index contributed by atoms with van der Waals surface area (Å²) in [5.41, 5.74) is 0.553. The Labute approximate surface area is 96.8 Å². The number of nitrogens with one attached hydrogen (secondary N) is 1. The van der Waals surface area contributed by atoms with E-state index in [2.05, 4.69) is 38.2 Å². The molecule has 0 radical (unpaired) electrons. The van der Waals surface area contributed by atoms with E-state index in [1.165, 1.54) is 4.68 Å². The van der Waals surface area contributed by atoms with Gasteiger partial charge in [-0.1, -0.05) is 0 Å². The third kappa shape index (κ3) is 3.10. The van der Waals surface area contributed by atoms with Gasteiger partial charge >= 0.3 is 0 Å². The fourth-order valence-corrected chi connectivity index (χ4v) is 1.52. The van der Waals surface area contributed by atoms with Crippen molar-refractivity contribution in [2.75, 3.05) is 11.9 Å². The van der Waals surface area contributed by atoms with E-state index in [1.54, 1.807) is 20.2 Å². The lowest BCUT2D eigenvalue weighted by molar-refractivity contribution is 0.703. The Kier molecular flexibility index (Phi) is 4.37. The third-order valence-corrected chi connectivity index (χ3v) is 2.59. The van der Waals surface area contributed by atoms with E-state index in [0.717, 1.165) is 6.42 Å². The van der Waals surface area contributed by atoms with E-state index >= 15 is 0 Å². The molecule has 0 fully saturated rings. The van der Waals surface area contributed by atoms with E-state index in [9.17, 15) is 4.79 Å². The van der Waals surface area contributed by atoms with Gasteiger partial charge in [-0.2, -0.15) is 5.10 Å². The van der Waals surface area contributed by atoms with Gasteiger partial charge in [0.25, 0.3) is 5.56 Å². The number of aryl methyl sites for hydroxylation is 1. The third-order valence-electron chi connectivity index (χ3n) is 1.82. The molecule has 15 heavy (non-hydrogen) atoms. The molecule has 0 bridgehead atoms. The van der Waals surface area contributed by atoms with Gasteiger partial charge in [-0.25, -0.2) is 4.68 Å². The van der Waals surface area contributed by atoms with Crippen LogP contribution in [0.1, 0.15) is 13.3 Å². The monoisotopic (exact) mass is 269 g/mol. The number of nitrogens with zero attached hydrogens (tertiary/aromatic N) is 2. The Bertz CT molecular complexity index is 456. The molecule has 0 aromatic carbocycles. The molecule has 0 saturated carbocycles. The molecule has 1 aromatic rings. The van der Waals surface area contributed by atoms with Crippen LogP contribution >= 0.6 is 15.9 Å². The van der Waals surface area contributed by atoms with Crippen molar-refractivity contribution in [2.24, 2.45) is 7.05 Å². The molecule has 0 saturated heterocycles. The SMILES string of the molecule is CC#CCCNc1cnn(C)c(=O)c1Br. The molecule has 1 heterocycles. The number of halogens is 1. The van der Waals surface area contributed by atoms with Crippen LogP contribution in [-0.4, -0.2) is 16.3 Å². The average Bonchev–Trinajstić information content (AvgIpc) is 2.24. The Morgan fingerprint density at radius 2 is 2.40 bits per heavy atom. The van der Waals surface area contributed by atoms with Crippen LogP contribution in [0.3, 0.4) is 0 Å². The van der Waals surface area contributed by atoms with Gasteiger partial charge in [0.2, 0.25) is 0 Å². The summed E-state index contributed by atoms with van der Waals surface area (Å²) in [4.78, 5) is 11.5. The number of hydrogen-bond donors (Lipinski definition) is 1. The fourth-order valence-electron chi connectivity index (χ4n) is 1.02. The molecule has 80 valence electrons. The van der Waals surface area contributed by atoms with Gasteiger partial charge in [0.1, 0.15) is 4.47 Å². The van der Waals surface area contributed by atoms with E-state index in [0.29, 0.717) is 16.7 Å². The molecule has 0 aliphatic heterocycles. The topological polar surface area (TPSA) is 46.9 Å². The zero-order valence-electron chi connectivity index (χ0n) is 8.67. The first kappa shape index (κ1) is 11.8. The zero-order valence-corrected chi connectivity index (χ0v) is 10.3. The number of anilines is 1. The molecule has 1 rings (SSSR count). The smallest absolute Gasteiger partial charge is 0.282 e. The van der Waals surface area contributed by atoms with Gasteiger partial charge in [-0.05, 0) is 22.9 Å². The quantitative estimate of drug-likeness (QED) is 0.666. The van der Waals surface area contributed by atoms with Crippen molar-refractivity contribution in [3.8, 4) is 11.8 Å². The first-order valence-corrected chi connectivity index (χ1v) is 5.31. The standard InChI is InChI=1S/C10H12BrN3O/c1-3-4-5-6-12-8-7-13-14(2)10(15)9(8)11/h7,12H,5-6H2,1-2H3. The molecule has 0 atom stereocenters. The maximum Gasteiger partial charge on any atom is 0.282 e. The van der Waals surface area contributed by atoms with Crippen LogP contribution in [0.5, 0.6) is 0 Å². The predicted octanol–water partition coefficient (Wildman–Crippen LogP) is 1.37. The molecular formula is C10H12BrN3O. The van der Waals surface area contributed by atoms with Gasteiger partial charge in [0, 0.05) is 20.0 Å². The average molecular weight is 270 g/mol. The Hall–Kier alpha value is -1.28. The second-order valence-corrected chi connectivity index (χ2v) is 3.70. The molecule has 0 spiro atoms. The summed E-state index contributed by atoms with van der Waals surface area (Å²) < 4.78 is 1.78. The minimum atomic E-state index is -0.151. The summed E-state index contributed by atoms with van der Waals surface area (Å²) in [6, 6.07) is 0. The molecule has 0 amide bonds. The first-order chi connectivity index (χ1) is 7.16. The molecule has 1 aromatic heterocycles. The second kappa shape index (κ2) is 5.56. The lowest BCUT2D eigenvalue weighted by atomic mass is 10.4. The van der Waals surface area contributed by atoms with Gasteiger partial charge in [0.15, 0.2) is 0 Å². The minimum absolute atomic E-state index is 0.151. The maximum atomic E-state index is 11.5. The number of aromatic nitrogens is 2. The summed E-state index contributed by atoms with van der Waals surface area (Å²) in [5.74, 6) is 5.74. The van der Waals surface area contributed by atoms with Crippen LogP contribution in [0.15, 0.2) is 15.5 Å². The number of hydrogen-bond acceptors (Lipinski definition) is 3. The van der Waals surface area contributed by atoms with E-state index in [1.807, 2.05) is 0 Å². The van der Waals surface area contributed by atoms with Crippen LogP contribution in [-0.2, 0) is 7.05 Å². The summed E-state index contributed by atoms with van der Waals surface area (Å²) in [5, 5.41) is 7.00.